The smallest absolute Gasteiger partial charge is 0.206 e. The zero-order valence-corrected chi connectivity index (χ0v) is 8.63. The van der Waals surface area contributed by atoms with Gasteiger partial charge in [-0.05, 0) is 13.8 Å². The normalized spacial score (nSPS) is 10.8. The van der Waals surface area contributed by atoms with Crippen LogP contribution in [0, 0.1) is 0 Å². The van der Waals surface area contributed by atoms with Crippen LogP contribution < -0.4 is 4.90 Å². The van der Waals surface area contributed by atoms with Crippen molar-refractivity contribution in [2.75, 3.05) is 19.0 Å². The van der Waals surface area contributed by atoms with E-state index in [0.717, 1.165) is 5.95 Å². The van der Waals surface area contributed by atoms with Crippen LogP contribution in [0.25, 0.3) is 0 Å². The van der Waals surface area contributed by atoms with E-state index in [9.17, 15) is 0 Å². The fourth-order valence-corrected chi connectivity index (χ4v) is 1.46. The standard InChI is InChI=1S/C8H14ClN3/c1-6(2)12-7(9)5-10-8(12)11(3)4/h5-6H,1-4H3. The number of hydrogen-bond donors (Lipinski definition) is 0. The predicted octanol–water partition coefficient (Wildman–Crippen LogP) is 2.18. The second-order valence-corrected chi connectivity index (χ2v) is 3.63. The summed E-state index contributed by atoms with van der Waals surface area (Å²) in [5.41, 5.74) is 0. The van der Waals surface area contributed by atoms with Crippen molar-refractivity contribution in [3.05, 3.63) is 11.3 Å². The average Bonchev–Trinajstić information content (AvgIpc) is 2.30. The number of nitrogens with zero attached hydrogens (tertiary/aromatic N) is 3. The molecule has 0 aromatic carbocycles. The van der Waals surface area contributed by atoms with Crippen LogP contribution in [0.2, 0.25) is 5.15 Å². The first kappa shape index (κ1) is 9.39. The third-order valence-corrected chi connectivity index (χ3v) is 1.93. The van der Waals surface area contributed by atoms with Crippen molar-refractivity contribution in [3.63, 3.8) is 0 Å². The molecule has 1 aromatic heterocycles. The molecule has 1 heterocycles. The summed E-state index contributed by atoms with van der Waals surface area (Å²) >= 11 is 5.96. The van der Waals surface area contributed by atoms with E-state index in [2.05, 4.69) is 18.8 Å². The fourth-order valence-electron chi connectivity index (χ4n) is 1.14. The molecule has 0 amide bonds. The minimum Gasteiger partial charge on any atom is -0.348 e. The van der Waals surface area contributed by atoms with Crippen molar-refractivity contribution in [1.29, 1.82) is 0 Å². The highest BCUT2D eigenvalue weighted by Crippen LogP contribution is 2.22. The lowest BCUT2D eigenvalue weighted by molar-refractivity contribution is 0.598. The molecule has 0 aliphatic carbocycles. The largest absolute Gasteiger partial charge is 0.348 e. The van der Waals surface area contributed by atoms with Crippen molar-refractivity contribution in [2.45, 2.75) is 19.9 Å². The Morgan fingerprint density at radius 3 is 2.42 bits per heavy atom. The van der Waals surface area contributed by atoms with Crippen LogP contribution in [0.1, 0.15) is 19.9 Å². The molecule has 0 radical (unpaired) electrons. The van der Waals surface area contributed by atoms with Gasteiger partial charge in [-0.25, -0.2) is 4.98 Å². The molecule has 0 unspecified atom stereocenters. The van der Waals surface area contributed by atoms with Crippen molar-refractivity contribution in [1.82, 2.24) is 9.55 Å². The summed E-state index contributed by atoms with van der Waals surface area (Å²) in [7, 11) is 3.91. The topological polar surface area (TPSA) is 21.1 Å². The summed E-state index contributed by atoms with van der Waals surface area (Å²) in [5.74, 6) is 0.898. The van der Waals surface area contributed by atoms with Gasteiger partial charge in [0, 0.05) is 20.1 Å². The summed E-state index contributed by atoms with van der Waals surface area (Å²) in [5, 5.41) is 0.689. The molecule has 1 rings (SSSR count). The maximum atomic E-state index is 5.96. The minimum atomic E-state index is 0.345. The van der Waals surface area contributed by atoms with E-state index in [0.29, 0.717) is 11.2 Å². The molecular weight excluding hydrogens is 174 g/mol. The van der Waals surface area contributed by atoms with Crippen molar-refractivity contribution in [2.24, 2.45) is 0 Å². The van der Waals surface area contributed by atoms with E-state index in [1.807, 2.05) is 23.6 Å². The maximum Gasteiger partial charge on any atom is 0.206 e. The van der Waals surface area contributed by atoms with Crippen LogP contribution in [0.3, 0.4) is 0 Å². The Morgan fingerprint density at radius 1 is 1.50 bits per heavy atom. The van der Waals surface area contributed by atoms with Gasteiger partial charge < -0.3 is 4.90 Å². The van der Waals surface area contributed by atoms with Gasteiger partial charge >= 0.3 is 0 Å². The summed E-state index contributed by atoms with van der Waals surface area (Å²) < 4.78 is 1.99. The van der Waals surface area contributed by atoms with Gasteiger partial charge in [0.1, 0.15) is 5.15 Å². The lowest BCUT2D eigenvalue weighted by Crippen LogP contribution is -2.16. The number of hydrogen-bond acceptors (Lipinski definition) is 2. The van der Waals surface area contributed by atoms with Crippen LogP contribution in [0.5, 0.6) is 0 Å². The highest BCUT2D eigenvalue weighted by molar-refractivity contribution is 6.29. The van der Waals surface area contributed by atoms with Crippen LogP contribution >= 0.6 is 11.6 Å². The average molecular weight is 188 g/mol. The molecule has 0 aliphatic heterocycles. The number of aromatic nitrogens is 2. The Labute approximate surface area is 78.0 Å². The minimum absolute atomic E-state index is 0.345. The lowest BCUT2D eigenvalue weighted by atomic mass is 10.4. The van der Waals surface area contributed by atoms with Gasteiger partial charge in [0.25, 0.3) is 0 Å². The third-order valence-electron chi connectivity index (χ3n) is 1.65. The second kappa shape index (κ2) is 3.35. The molecule has 0 aliphatic rings. The second-order valence-electron chi connectivity index (χ2n) is 3.24. The molecule has 0 atom stereocenters. The first-order valence-electron chi connectivity index (χ1n) is 3.94. The summed E-state index contributed by atoms with van der Waals surface area (Å²) in [4.78, 5) is 6.14. The Bertz CT molecular complexity index is 265. The molecule has 68 valence electrons. The summed E-state index contributed by atoms with van der Waals surface area (Å²) in [6.45, 7) is 4.17. The highest BCUT2D eigenvalue weighted by atomic mass is 35.5. The third kappa shape index (κ3) is 1.55. The SMILES string of the molecule is CC(C)n1c(Cl)cnc1N(C)C. The van der Waals surface area contributed by atoms with E-state index in [-0.39, 0.29) is 0 Å². The van der Waals surface area contributed by atoms with Crippen molar-refractivity contribution >= 4 is 17.5 Å². The van der Waals surface area contributed by atoms with Crippen molar-refractivity contribution in [3.8, 4) is 0 Å². The zero-order valence-electron chi connectivity index (χ0n) is 7.87. The Balaban J connectivity index is 3.12. The van der Waals surface area contributed by atoms with E-state index < -0.39 is 0 Å². The van der Waals surface area contributed by atoms with Gasteiger partial charge in [0.15, 0.2) is 0 Å². The van der Waals surface area contributed by atoms with Crippen LogP contribution in [0.15, 0.2) is 6.20 Å². The lowest BCUT2D eigenvalue weighted by Gasteiger charge is -2.17. The summed E-state index contributed by atoms with van der Waals surface area (Å²) in [6, 6.07) is 0.345. The molecule has 3 nitrogen and oxygen atoms in total. The van der Waals surface area contributed by atoms with Crippen molar-refractivity contribution < 1.29 is 0 Å². The number of halogens is 1. The van der Waals surface area contributed by atoms with Gasteiger partial charge in [-0.2, -0.15) is 0 Å². The Hall–Kier alpha value is -0.700. The fraction of sp³-hybridized carbons (Fsp3) is 0.625. The van der Waals surface area contributed by atoms with E-state index >= 15 is 0 Å². The number of rotatable bonds is 2. The molecule has 4 heteroatoms. The Morgan fingerprint density at radius 2 is 2.08 bits per heavy atom. The quantitative estimate of drug-likeness (QED) is 0.708. The van der Waals surface area contributed by atoms with E-state index in [1.165, 1.54) is 0 Å². The van der Waals surface area contributed by atoms with Crippen LogP contribution in [0.4, 0.5) is 5.95 Å². The molecule has 0 N–H and O–H groups in total. The molecule has 0 saturated heterocycles. The molecule has 12 heavy (non-hydrogen) atoms. The molecule has 0 spiro atoms. The Kier molecular flexibility index (Phi) is 2.62. The van der Waals surface area contributed by atoms with Crippen LogP contribution in [-0.4, -0.2) is 23.6 Å². The predicted molar refractivity (Wildman–Crippen MR) is 51.9 cm³/mol. The molecule has 0 bridgehead atoms. The van der Waals surface area contributed by atoms with Crippen LogP contribution in [-0.2, 0) is 0 Å². The number of imidazole rings is 1. The molecule has 0 fully saturated rings. The monoisotopic (exact) mass is 187 g/mol. The first-order chi connectivity index (χ1) is 5.54. The van der Waals surface area contributed by atoms with Gasteiger partial charge in [-0.15, -0.1) is 0 Å². The summed E-state index contributed by atoms with van der Waals surface area (Å²) in [6.07, 6.45) is 1.68. The van der Waals surface area contributed by atoms with Gasteiger partial charge in [-0.1, -0.05) is 11.6 Å². The molecule has 1 aromatic rings. The van der Waals surface area contributed by atoms with Gasteiger partial charge in [-0.3, -0.25) is 4.57 Å². The first-order valence-corrected chi connectivity index (χ1v) is 4.32. The van der Waals surface area contributed by atoms with E-state index in [1.54, 1.807) is 6.20 Å². The van der Waals surface area contributed by atoms with Gasteiger partial charge in [0.05, 0.1) is 6.20 Å². The van der Waals surface area contributed by atoms with Gasteiger partial charge in [0.2, 0.25) is 5.95 Å². The van der Waals surface area contributed by atoms with E-state index in [4.69, 9.17) is 11.6 Å². The highest BCUT2D eigenvalue weighted by Gasteiger charge is 2.11. The molecular formula is C8H14ClN3. The number of anilines is 1. The maximum absolute atomic E-state index is 5.96. The zero-order chi connectivity index (χ0) is 9.30. The molecule has 0 saturated carbocycles.